The van der Waals surface area contributed by atoms with Crippen molar-refractivity contribution in [1.29, 1.82) is 0 Å². The summed E-state index contributed by atoms with van der Waals surface area (Å²) in [7, 11) is 0. The van der Waals surface area contributed by atoms with Crippen molar-refractivity contribution in [2.45, 2.75) is 6.54 Å². The third-order valence-corrected chi connectivity index (χ3v) is 2.86. The number of hydrazine groups is 1. The lowest BCUT2D eigenvalue weighted by Crippen LogP contribution is -2.35. The summed E-state index contributed by atoms with van der Waals surface area (Å²) >= 11 is 0. The average Bonchev–Trinajstić information content (AvgIpc) is 2.40. The first-order chi connectivity index (χ1) is 8.29. The van der Waals surface area contributed by atoms with Crippen molar-refractivity contribution < 1.29 is 9.53 Å². The maximum atomic E-state index is 11.3. The fourth-order valence-corrected chi connectivity index (χ4v) is 1.86. The van der Waals surface area contributed by atoms with Crippen LogP contribution in [0.1, 0.15) is 15.9 Å². The van der Waals surface area contributed by atoms with Gasteiger partial charge in [-0.3, -0.25) is 15.1 Å². The van der Waals surface area contributed by atoms with Crippen LogP contribution in [0.5, 0.6) is 0 Å². The second kappa shape index (κ2) is 5.77. The Morgan fingerprint density at radius 1 is 1.29 bits per heavy atom. The molecule has 5 nitrogen and oxygen atoms in total. The molecule has 1 heterocycles. The minimum Gasteiger partial charge on any atom is -0.379 e. The Morgan fingerprint density at radius 2 is 1.94 bits per heavy atom. The molecule has 1 saturated heterocycles. The normalized spacial score (nSPS) is 16.8. The van der Waals surface area contributed by atoms with E-state index in [4.69, 9.17) is 10.6 Å². The Labute approximate surface area is 101 Å². The maximum absolute atomic E-state index is 11.3. The smallest absolute Gasteiger partial charge is 0.265 e. The zero-order valence-corrected chi connectivity index (χ0v) is 9.69. The van der Waals surface area contributed by atoms with Crippen LogP contribution in [0, 0.1) is 0 Å². The van der Waals surface area contributed by atoms with Crippen LogP contribution in [-0.2, 0) is 11.3 Å². The molecule has 0 unspecified atom stereocenters. The van der Waals surface area contributed by atoms with Crippen LogP contribution in [0.2, 0.25) is 0 Å². The SMILES string of the molecule is NNC(=O)c1ccc(CN2CCOCC2)cc1. The van der Waals surface area contributed by atoms with Gasteiger partial charge >= 0.3 is 0 Å². The van der Waals surface area contributed by atoms with E-state index in [-0.39, 0.29) is 5.91 Å². The van der Waals surface area contributed by atoms with E-state index in [0.717, 1.165) is 32.8 Å². The van der Waals surface area contributed by atoms with Crippen molar-refractivity contribution in [3.63, 3.8) is 0 Å². The number of hydrogen-bond donors (Lipinski definition) is 2. The van der Waals surface area contributed by atoms with E-state index in [1.54, 1.807) is 12.1 Å². The van der Waals surface area contributed by atoms with Gasteiger partial charge in [-0.1, -0.05) is 12.1 Å². The summed E-state index contributed by atoms with van der Waals surface area (Å²) < 4.78 is 5.29. The molecule has 0 atom stereocenters. The number of nitrogens with zero attached hydrogens (tertiary/aromatic N) is 1. The lowest BCUT2D eigenvalue weighted by molar-refractivity contribution is 0.0342. The Morgan fingerprint density at radius 3 is 2.53 bits per heavy atom. The molecule has 1 amide bonds. The standard InChI is InChI=1S/C12H17N3O2/c13-14-12(16)11-3-1-10(2-4-11)9-15-5-7-17-8-6-15/h1-4H,5-9,13H2,(H,14,16). The summed E-state index contributed by atoms with van der Waals surface area (Å²) in [6, 6.07) is 7.50. The summed E-state index contributed by atoms with van der Waals surface area (Å²) in [5.41, 5.74) is 3.89. The van der Waals surface area contributed by atoms with Gasteiger partial charge in [0, 0.05) is 25.2 Å². The quantitative estimate of drug-likeness (QED) is 0.444. The van der Waals surface area contributed by atoms with E-state index in [1.165, 1.54) is 5.56 Å². The van der Waals surface area contributed by atoms with Crippen LogP contribution in [0.25, 0.3) is 0 Å². The molecule has 17 heavy (non-hydrogen) atoms. The van der Waals surface area contributed by atoms with Gasteiger partial charge in [-0.15, -0.1) is 0 Å². The van der Waals surface area contributed by atoms with E-state index >= 15 is 0 Å². The molecule has 0 bridgehead atoms. The average molecular weight is 235 g/mol. The molecule has 1 aliphatic rings. The summed E-state index contributed by atoms with van der Waals surface area (Å²) in [5.74, 6) is 4.81. The number of benzene rings is 1. The lowest BCUT2D eigenvalue weighted by atomic mass is 10.1. The van der Waals surface area contributed by atoms with Gasteiger partial charge in [-0.2, -0.15) is 0 Å². The Balaban J connectivity index is 1.95. The Kier molecular flexibility index (Phi) is 4.08. The van der Waals surface area contributed by atoms with Crippen molar-refractivity contribution in [2.75, 3.05) is 26.3 Å². The number of amides is 1. The lowest BCUT2D eigenvalue weighted by Gasteiger charge is -2.26. The first kappa shape index (κ1) is 12.0. The molecular weight excluding hydrogens is 218 g/mol. The molecule has 0 radical (unpaired) electrons. The number of ether oxygens (including phenoxy) is 1. The van der Waals surface area contributed by atoms with Gasteiger partial charge in [0.05, 0.1) is 13.2 Å². The van der Waals surface area contributed by atoms with Crippen LogP contribution in [0.3, 0.4) is 0 Å². The zero-order valence-electron chi connectivity index (χ0n) is 9.69. The number of carbonyl (C=O) groups is 1. The number of rotatable bonds is 3. The predicted octanol–water partition coefficient (Wildman–Crippen LogP) is 0.122. The number of morpholine rings is 1. The van der Waals surface area contributed by atoms with Gasteiger partial charge in [0.25, 0.3) is 5.91 Å². The zero-order chi connectivity index (χ0) is 12.1. The Hall–Kier alpha value is -1.43. The molecular formula is C12H17N3O2. The fourth-order valence-electron chi connectivity index (χ4n) is 1.86. The van der Waals surface area contributed by atoms with Crippen molar-refractivity contribution >= 4 is 5.91 Å². The molecule has 0 spiro atoms. The maximum Gasteiger partial charge on any atom is 0.265 e. The van der Waals surface area contributed by atoms with Crippen LogP contribution in [-0.4, -0.2) is 37.1 Å². The van der Waals surface area contributed by atoms with Gasteiger partial charge in [-0.05, 0) is 17.7 Å². The van der Waals surface area contributed by atoms with Crippen molar-refractivity contribution in [3.05, 3.63) is 35.4 Å². The van der Waals surface area contributed by atoms with Crippen LogP contribution in [0.15, 0.2) is 24.3 Å². The molecule has 0 aliphatic carbocycles. The highest BCUT2D eigenvalue weighted by Gasteiger charge is 2.10. The minimum absolute atomic E-state index is 0.261. The first-order valence-electron chi connectivity index (χ1n) is 5.69. The number of nitrogens with two attached hydrogens (primary N) is 1. The summed E-state index contributed by atoms with van der Waals surface area (Å²) in [6.45, 7) is 4.42. The van der Waals surface area contributed by atoms with Crippen LogP contribution >= 0.6 is 0 Å². The van der Waals surface area contributed by atoms with E-state index in [2.05, 4.69) is 10.3 Å². The van der Waals surface area contributed by atoms with Gasteiger partial charge in [-0.25, -0.2) is 5.84 Å². The number of nitrogens with one attached hydrogen (secondary N) is 1. The molecule has 1 aliphatic heterocycles. The third kappa shape index (κ3) is 3.26. The molecule has 1 aromatic carbocycles. The summed E-state index contributed by atoms with van der Waals surface area (Å²) in [4.78, 5) is 13.6. The predicted molar refractivity (Wildman–Crippen MR) is 64.2 cm³/mol. The van der Waals surface area contributed by atoms with Crippen LogP contribution in [0.4, 0.5) is 0 Å². The number of nitrogen functional groups attached to an aromatic ring is 1. The summed E-state index contributed by atoms with van der Waals surface area (Å²) in [5, 5.41) is 0. The second-order valence-corrected chi connectivity index (χ2v) is 4.06. The van der Waals surface area contributed by atoms with Gasteiger partial charge in [0.15, 0.2) is 0 Å². The monoisotopic (exact) mass is 235 g/mol. The van der Waals surface area contributed by atoms with Crippen molar-refractivity contribution in [1.82, 2.24) is 10.3 Å². The number of hydrogen-bond acceptors (Lipinski definition) is 4. The molecule has 92 valence electrons. The fraction of sp³-hybridized carbons (Fsp3) is 0.417. The highest BCUT2D eigenvalue weighted by molar-refractivity contribution is 5.93. The van der Waals surface area contributed by atoms with Crippen molar-refractivity contribution in [2.24, 2.45) is 5.84 Å². The minimum atomic E-state index is -0.261. The third-order valence-electron chi connectivity index (χ3n) is 2.86. The van der Waals surface area contributed by atoms with E-state index in [1.807, 2.05) is 12.1 Å². The molecule has 3 N–H and O–H groups in total. The van der Waals surface area contributed by atoms with Crippen molar-refractivity contribution in [3.8, 4) is 0 Å². The Bertz CT molecular complexity index is 372. The molecule has 5 heteroatoms. The van der Waals surface area contributed by atoms with E-state index in [0.29, 0.717) is 5.56 Å². The second-order valence-electron chi connectivity index (χ2n) is 4.06. The molecule has 0 aromatic heterocycles. The van der Waals surface area contributed by atoms with E-state index in [9.17, 15) is 4.79 Å². The molecule has 2 rings (SSSR count). The van der Waals surface area contributed by atoms with Gasteiger partial charge < -0.3 is 4.74 Å². The first-order valence-corrected chi connectivity index (χ1v) is 5.69. The largest absolute Gasteiger partial charge is 0.379 e. The topological polar surface area (TPSA) is 67.6 Å². The number of carbonyl (C=O) groups excluding carboxylic acids is 1. The highest BCUT2D eigenvalue weighted by Crippen LogP contribution is 2.09. The van der Waals surface area contributed by atoms with Gasteiger partial charge in [0.1, 0.15) is 0 Å². The van der Waals surface area contributed by atoms with Gasteiger partial charge in [0.2, 0.25) is 0 Å². The highest BCUT2D eigenvalue weighted by atomic mass is 16.5. The molecule has 1 aromatic rings. The molecule has 0 saturated carbocycles. The van der Waals surface area contributed by atoms with Crippen LogP contribution < -0.4 is 11.3 Å². The molecule has 1 fully saturated rings. The van der Waals surface area contributed by atoms with E-state index < -0.39 is 0 Å². The summed E-state index contributed by atoms with van der Waals surface area (Å²) in [6.07, 6.45) is 0.